The van der Waals surface area contributed by atoms with Crippen molar-refractivity contribution in [2.75, 3.05) is 44.7 Å². The van der Waals surface area contributed by atoms with Gasteiger partial charge < -0.3 is 30.0 Å². The number of benzene rings is 1. The maximum Gasteiger partial charge on any atom is 0.340 e. The number of ether oxygens (including phenoxy) is 2. The number of anilines is 1. The quantitative estimate of drug-likeness (QED) is 0.189. The molecule has 3 heterocycles. The highest BCUT2D eigenvalue weighted by Crippen LogP contribution is 2.38. The summed E-state index contributed by atoms with van der Waals surface area (Å²) in [4.78, 5) is 37.6. The standard InChI is InChI=1S/C32H44ClN5O4/c1-32(2,3)42-31(40)25-21-35-27-20-26(33)23(19-24(25)27)22-12-13-28(36-30(22)41-4)37-15-17-38(18-16-37)29(39)11-9-7-5-6-8-10-14-34/h12-13,19-21,35H,5-11,14-18,34H2,1-4H3. The fraction of sp³-hybridized carbons (Fsp3) is 0.531. The Morgan fingerprint density at radius 3 is 2.36 bits per heavy atom. The van der Waals surface area contributed by atoms with E-state index in [-0.39, 0.29) is 5.91 Å². The monoisotopic (exact) mass is 597 g/mol. The number of pyridine rings is 1. The average molecular weight is 598 g/mol. The maximum atomic E-state index is 12.8. The predicted molar refractivity (Wildman–Crippen MR) is 168 cm³/mol. The molecule has 42 heavy (non-hydrogen) atoms. The Kier molecular flexibility index (Phi) is 10.7. The molecule has 1 amide bonds. The van der Waals surface area contributed by atoms with Crippen molar-refractivity contribution >= 4 is 40.2 Å². The van der Waals surface area contributed by atoms with Crippen LogP contribution < -0.4 is 15.4 Å². The molecule has 1 aliphatic rings. The van der Waals surface area contributed by atoms with E-state index < -0.39 is 11.6 Å². The van der Waals surface area contributed by atoms with Gasteiger partial charge in [0.05, 0.1) is 17.7 Å². The molecule has 1 saturated heterocycles. The Morgan fingerprint density at radius 2 is 1.69 bits per heavy atom. The summed E-state index contributed by atoms with van der Waals surface area (Å²) in [5.74, 6) is 1.05. The number of hydrogen-bond acceptors (Lipinski definition) is 7. The topological polar surface area (TPSA) is 114 Å². The number of rotatable bonds is 12. The molecule has 0 unspecified atom stereocenters. The third-order valence-corrected chi connectivity index (χ3v) is 7.83. The normalized spacial score (nSPS) is 14.0. The number of unbranched alkanes of at least 4 members (excludes halogenated alkanes) is 5. The van der Waals surface area contributed by atoms with Gasteiger partial charge >= 0.3 is 5.97 Å². The molecular weight excluding hydrogens is 554 g/mol. The van der Waals surface area contributed by atoms with Crippen LogP contribution in [0.25, 0.3) is 22.0 Å². The molecule has 3 aromatic rings. The van der Waals surface area contributed by atoms with Crippen LogP contribution in [0.1, 0.15) is 76.1 Å². The Labute approximate surface area is 253 Å². The molecule has 0 spiro atoms. The van der Waals surface area contributed by atoms with Gasteiger partial charge in [0.15, 0.2) is 0 Å². The molecule has 2 aromatic heterocycles. The minimum Gasteiger partial charge on any atom is -0.480 e. The third-order valence-electron chi connectivity index (χ3n) is 7.52. The van der Waals surface area contributed by atoms with E-state index in [0.29, 0.717) is 60.0 Å². The number of nitrogens with one attached hydrogen (secondary N) is 1. The first-order chi connectivity index (χ1) is 20.1. The molecule has 228 valence electrons. The van der Waals surface area contributed by atoms with Crippen molar-refractivity contribution in [3.63, 3.8) is 0 Å². The molecule has 1 aromatic carbocycles. The molecule has 4 rings (SSSR count). The van der Waals surface area contributed by atoms with Crippen molar-refractivity contribution in [2.24, 2.45) is 5.73 Å². The van der Waals surface area contributed by atoms with E-state index in [4.69, 9.17) is 31.8 Å². The Hall–Kier alpha value is -3.30. The van der Waals surface area contributed by atoms with Crippen molar-refractivity contribution in [3.8, 4) is 17.0 Å². The van der Waals surface area contributed by atoms with E-state index >= 15 is 0 Å². The minimum atomic E-state index is -0.609. The molecule has 10 heteroatoms. The van der Waals surface area contributed by atoms with Crippen molar-refractivity contribution < 1.29 is 19.1 Å². The number of fused-ring (bicyclic) bond motifs is 1. The fourth-order valence-corrected chi connectivity index (χ4v) is 5.56. The van der Waals surface area contributed by atoms with Crippen molar-refractivity contribution in [1.29, 1.82) is 0 Å². The van der Waals surface area contributed by atoms with Crippen LogP contribution in [0.15, 0.2) is 30.5 Å². The van der Waals surface area contributed by atoms with Crippen LogP contribution in [0.4, 0.5) is 5.82 Å². The largest absolute Gasteiger partial charge is 0.480 e. The number of halogens is 1. The highest BCUT2D eigenvalue weighted by Gasteiger charge is 2.25. The molecule has 0 saturated carbocycles. The average Bonchev–Trinajstić information content (AvgIpc) is 3.38. The number of hydrogen-bond donors (Lipinski definition) is 2. The highest BCUT2D eigenvalue weighted by atomic mass is 35.5. The van der Waals surface area contributed by atoms with Crippen molar-refractivity contribution in [3.05, 3.63) is 41.0 Å². The predicted octanol–water partition coefficient (Wildman–Crippen LogP) is 6.19. The summed E-state index contributed by atoms with van der Waals surface area (Å²) in [5, 5.41) is 1.22. The van der Waals surface area contributed by atoms with Crippen LogP contribution in [0.5, 0.6) is 5.88 Å². The SMILES string of the molecule is COc1nc(N2CCN(C(=O)CCCCCCCCN)CC2)ccc1-c1cc2c(C(=O)OC(C)(C)C)c[nH]c2cc1Cl. The maximum absolute atomic E-state index is 12.8. The summed E-state index contributed by atoms with van der Waals surface area (Å²) in [6, 6.07) is 7.56. The van der Waals surface area contributed by atoms with Gasteiger partial charge in [-0.05, 0) is 64.4 Å². The van der Waals surface area contributed by atoms with Crippen LogP contribution >= 0.6 is 11.6 Å². The number of esters is 1. The van der Waals surface area contributed by atoms with Crippen LogP contribution in [-0.2, 0) is 9.53 Å². The summed E-state index contributed by atoms with van der Waals surface area (Å²) >= 11 is 6.70. The van der Waals surface area contributed by atoms with Crippen molar-refractivity contribution in [2.45, 2.75) is 71.3 Å². The number of methoxy groups -OCH3 is 1. The lowest BCUT2D eigenvalue weighted by molar-refractivity contribution is -0.131. The van der Waals surface area contributed by atoms with Gasteiger partial charge in [-0.2, -0.15) is 4.98 Å². The number of carbonyl (C=O) groups excluding carboxylic acids is 2. The second kappa shape index (κ2) is 14.2. The molecule has 0 radical (unpaired) electrons. The lowest BCUT2D eigenvalue weighted by atomic mass is 10.0. The summed E-state index contributed by atoms with van der Waals surface area (Å²) in [7, 11) is 1.58. The number of nitrogens with two attached hydrogens (primary N) is 1. The lowest BCUT2D eigenvalue weighted by Gasteiger charge is -2.35. The number of piperazine rings is 1. The zero-order chi connectivity index (χ0) is 30.3. The fourth-order valence-electron chi connectivity index (χ4n) is 5.29. The van der Waals surface area contributed by atoms with Crippen molar-refractivity contribution in [1.82, 2.24) is 14.9 Å². The molecular formula is C32H44ClN5O4. The van der Waals surface area contributed by atoms with Crippen LogP contribution in [0.2, 0.25) is 5.02 Å². The Balaban J connectivity index is 1.42. The van der Waals surface area contributed by atoms with Gasteiger partial charge in [0.25, 0.3) is 0 Å². The van der Waals surface area contributed by atoms with E-state index in [1.807, 2.05) is 43.9 Å². The number of aromatic amines is 1. The van der Waals surface area contributed by atoms with E-state index in [1.54, 1.807) is 19.4 Å². The molecule has 0 aliphatic carbocycles. The molecule has 0 atom stereocenters. The van der Waals surface area contributed by atoms with Gasteiger partial charge in [0.1, 0.15) is 11.4 Å². The second-order valence-corrected chi connectivity index (χ2v) is 12.2. The lowest BCUT2D eigenvalue weighted by Crippen LogP contribution is -2.49. The summed E-state index contributed by atoms with van der Waals surface area (Å²) in [5.41, 5.74) is 7.55. The van der Waals surface area contributed by atoms with Gasteiger partial charge in [-0.25, -0.2) is 4.79 Å². The zero-order valence-corrected chi connectivity index (χ0v) is 26.1. The van der Waals surface area contributed by atoms with E-state index in [9.17, 15) is 9.59 Å². The summed E-state index contributed by atoms with van der Waals surface area (Å²) in [6.45, 7) is 9.03. The molecule has 3 N–H and O–H groups in total. The van der Waals surface area contributed by atoms with Crippen LogP contribution in [-0.4, -0.2) is 72.2 Å². The van der Waals surface area contributed by atoms with Gasteiger partial charge in [-0.1, -0.05) is 37.3 Å². The Bertz CT molecular complexity index is 1380. The summed E-state index contributed by atoms with van der Waals surface area (Å²) < 4.78 is 11.3. The number of carbonyl (C=O) groups is 2. The van der Waals surface area contributed by atoms with Crippen LogP contribution in [0, 0.1) is 0 Å². The highest BCUT2D eigenvalue weighted by molar-refractivity contribution is 6.34. The number of H-pyrrole nitrogens is 1. The van der Waals surface area contributed by atoms with E-state index in [2.05, 4.69) is 9.88 Å². The van der Waals surface area contributed by atoms with Gasteiger partial charge in [-0.15, -0.1) is 0 Å². The first-order valence-corrected chi connectivity index (χ1v) is 15.3. The Morgan fingerprint density at radius 1 is 1.00 bits per heavy atom. The van der Waals surface area contributed by atoms with Gasteiger partial charge in [0.2, 0.25) is 11.8 Å². The van der Waals surface area contributed by atoms with E-state index in [1.165, 1.54) is 19.3 Å². The minimum absolute atomic E-state index is 0.234. The summed E-state index contributed by atoms with van der Waals surface area (Å²) in [6.07, 6.45) is 8.91. The third kappa shape index (κ3) is 7.95. The number of aromatic nitrogens is 2. The molecule has 9 nitrogen and oxygen atoms in total. The molecule has 0 bridgehead atoms. The first-order valence-electron chi connectivity index (χ1n) is 14.9. The number of nitrogens with zero attached hydrogens (tertiary/aromatic N) is 3. The molecule has 1 aliphatic heterocycles. The van der Waals surface area contributed by atoms with Gasteiger partial charge in [0, 0.05) is 60.8 Å². The van der Waals surface area contributed by atoms with E-state index in [0.717, 1.165) is 42.7 Å². The smallest absolute Gasteiger partial charge is 0.340 e. The first kappa shape index (κ1) is 31.6. The molecule has 1 fully saturated rings. The van der Waals surface area contributed by atoms with Crippen LogP contribution in [0.3, 0.4) is 0 Å². The second-order valence-electron chi connectivity index (χ2n) is 11.8. The number of amides is 1. The van der Waals surface area contributed by atoms with Gasteiger partial charge in [-0.3, -0.25) is 4.79 Å². The zero-order valence-electron chi connectivity index (χ0n) is 25.3.